The summed E-state index contributed by atoms with van der Waals surface area (Å²) in [6, 6.07) is 5.57. The maximum absolute atomic E-state index is 10.2. The first-order chi connectivity index (χ1) is 8.58. The number of nitrogens with one attached hydrogen (secondary N) is 1. The number of anilines is 1. The Balaban J connectivity index is 2.78. The van der Waals surface area contributed by atoms with Crippen molar-refractivity contribution < 1.29 is 14.6 Å². The van der Waals surface area contributed by atoms with E-state index in [9.17, 15) is 5.11 Å². The number of methoxy groups -OCH3 is 2. The van der Waals surface area contributed by atoms with Crippen molar-refractivity contribution in [1.82, 2.24) is 0 Å². The molecule has 0 atom stereocenters. The van der Waals surface area contributed by atoms with Gasteiger partial charge in [-0.3, -0.25) is 0 Å². The molecule has 18 heavy (non-hydrogen) atoms. The van der Waals surface area contributed by atoms with E-state index in [-0.39, 0.29) is 0 Å². The van der Waals surface area contributed by atoms with Crippen LogP contribution in [0.15, 0.2) is 18.2 Å². The Morgan fingerprint density at radius 2 is 1.83 bits per heavy atom. The van der Waals surface area contributed by atoms with Gasteiger partial charge in [0.2, 0.25) is 0 Å². The highest BCUT2D eigenvalue weighted by Crippen LogP contribution is 2.29. The summed E-state index contributed by atoms with van der Waals surface area (Å²) in [7, 11) is 3.24. The maximum Gasteiger partial charge on any atom is 0.145 e. The molecule has 0 aromatic heterocycles. The van der Waals surface area contributed by atoms with Crippen LogP contribution in [-0.4, -0.2) is 31.5 Å². The van der Waals surface area contributed by atoms with Gasteiger partial charge in [0.15, 0.2) is 0 Å². The summed E-state index contributed by atoms with van der Waals surface area (Å²) in [5.41, 5.74) is 0.184. The Bertz CT molecular complexity index is 375. The van der Waals surface area contributed by atoms with E-state index >= 15 is 0 Å². The summed E-state index contributed by atoms with van der Waals surface area (Å²) in [6.07, 6.45) is 1.43. The molecular formula is C14H23NO3. The highest BCUT2D eigenvalue weighted by Gasteiger charge is 2.22. The van der Waals surface area contributed by atoms with E-state index in [1.54, 1.807) is 14.2 Å². The SMILES string of the molecule is CCC(O)(CC)CNc1ccc(OC)cc1OC. The summed E-state index contributed by atoms with van der Waals surface area (Å²) >= 11 is 0. The number of ether oxygens (including phenoxy) is 2. The van der Waals surface area contributed by atoms with E-state index in [1.165, 1.54) is 0 Å². The van der Waals surface area contributed by atoms with Crippen LogP contribution in [0.5, 0.6) is 11.5 Å². The third-order valence-corrected chi connectivity index (χ3v) is 3.33. The van der Waals surface area contributed by atoms with Gasteiger partial charge in [-0.15, -0.1) is 0 Å². The van der Waals surface area contributed by atoms with Crippen molar-refractivity contribution in [3.8, 4) is 11.5 Å². The molecule has 0 aliphatic carbocycles. The second kappa shape index (κ2) is 6.50. The summed E-state index contributed by atoms with van der Waals surface area (Å²) < 4.78 is 10.4. The van der Waals surface area contributed by atoms with Crippen LogP contribution in [0.25, 0.3) is 0 Å². The Morgan fingerprint density at radius 3 is 2.33 bits per heavy atom. The van der Waals surface area contributed by atoms with Gasteiger partial charge < -0.3 is 19.9 Å². The lowest BCUT2D eigenvalue weighted by atomic mass is 9.97. The van der Waals surface area contributed by atoms with Crippen molar-refractivity contribution in [3.05, 3.63) is 18.2 Å². The van der Waals surface area contributed by atoms with Gasteiger partial charge in [0.25, 0.3) is 0 Å². The van der Waals surface area contributed by atoms with Crippen molar-refractivity contribution in [2.75, 3.05) is 26.1 Å². The molecule has 0 saturated carbocycles. The zero-order valence-electron chi connectivity index (χ0n) is 11.6. The summed E-state index contributed by atoms with van der Waals surface area (Å²) in [4.78, 5) is 0. The Labute approximate surface area is 109 Å². The van der Waals surface area contributed by atoms with Gasteiger partial charge in [-0.25, -0.2) is 0 Å². The van der Waals surface area contributed by atoms with Crippen molar-refractivity contribution in [3.63, 3.8) is 0 Å². The van der Waals surface area contributed by atoms with Crippen LogP contribution in [0, 0.1) is 0 Å². The van der Waals surface area contributed by atoms with Crippen LogP contribution < -0.4 is 14.8 Å². The van der Waals surface area contributed by atoms with Crippen molar-refractivity contribution >= 4 is 5.69 Å². The van der Waals surface area contributed by atoms with Crippen LogP contribution in [0.1, 0.15) is 26.7 Å². The number of hydrogen-bond acceptors (Lipinski definition) is 4. The second-order valence-electron chi connectivity index (χ2n) is 4.35. The van der Waals surface area contributed by atoms with E-state index in [0.29, 0.717) is 12.3 Å². The number of benzene rings is 1. The first-order valence-corrected chi connectivity index (χ1v) is 6.26. The number of rotatable bonds is 7. The molecule has 1 aromatic carbocycles. The molecule has 1 aromatic rings. The Hall–Kier alpha value is -1.42. The van der Waals surface area contributed by atoms with Crippen LogP contribution in [0.4, 0.5) is 5.69 Å². The average Bonchev–Trinajstić information content (AvgIpc) is 2.44. The first-order valence-electron chi connectivity index (χ1n) is 6.26. The van der Waals surface area contributed by atoms with E-state index in [1.807, 2.05) is 32.0 Å². The first kappa shape index (κ1) is 14.6. The topological polar surface area (TPSA) is 50.7 Å². The molecule has 0 unspecified atom stereocenters. The smallest absolute Gasteiger partial charge is 0.145 e. The fraction of sp³-hybridized carbons (Fsp3) is 0.571. The predicted octanol–water partition coefficient (Wildman–Crippen LogP) is 2.67. The molecule has 0 spiro atoms. The molecule has 0 bridgehead atoms. The molecule has 0 aliphatic rings. The largest absolute Gasteiger partial charge is 0.497 e. The predicted molar refractivity (Wildman–Crippen MR) is 73.6 cm³/mol. The fourth-order valence-corrected chi connectivity index (χ4v) is 1.70. The zero-order chi connectivity index (χ0) is 13.6. The molecule has 2 N–H and O–H groups in total. The molecule has 0 radical (unpaired) electrons. The standard InChI is InChI=1S/C14H23NO3/c1-5-14(16,6-2)10-15-12-8-7-11(17-3)9-13(12)18-4/h7-9,15-16H,5-6,10H2,1-4H3. The molecule has 1 rings (SSSR count). The fourth-order valence-electron chi connectivity index (χ4n) is 1.70. The molecule has 0 amide bonds. The third kappa shape index (κ3) is 3.53. The van der Waals surface area contributed by atoms with Gasteiger partial charge in [-0.05, 0) is 25.0 Å². The van der Waals surface area contributed by atoms with Crippen LogP contribution in [-0.2, 0) is 0 Å². The molecule has 0 fully saturated rings. The van der Waals surface area contributed by atoms with Crippen LogP contribution in [0.3, 0.4) is 0 Å². The van der Waals surface area contributed by atoms with E-state index in [2.05, 4.69) is 5.32 Å². The average molecular weight is 253 g/mol. The second-order valence-corrected chi connectivity index (χ2v) is 4.35. The summed E-state index contributed by atoms with van der Waals surface area (Å²) in [6.45, 7) is 4.47. The highest BCUT2D eigenvalue weighted by atomic mass is 16.5. The molecule has 0 heterocycles. The Morgan fingerprint density at radius 1 is 1.17 bits per heavy atom. The van der Waals surface area contributed by atoms with E-state index in [4.69, 9.17) is 9.47 Å². The van der Waals surface area contributed by atoms with Crippen molar-refractivity contribution in [1.29, 1.82) is 0 Å². The van der Waals surface area contributed by atoms with Crippen LogP contribution in [0.2, 0.25) is 0 Å². The van der Waals surface area contributed by atoms with Crippen molar-refractivity contribution in [2.24, 2.45) is 0 Å². The molecule has 0 saturated heterocycles. The van der Waals surface area contributed by atoms with Gasteiger partial charge in [-0.2, -0.15) is 0 Å². The monoisotopic (exact) mass is 253 g/mol. The van der Waals surface area contributed by atoms with Gasteiger partial charge >= 0.3 is 0 Å². The third-order valence-electron chi connectivity index (χ3n) is 3.33. The zero-order valence-corrected chi connectivity index (χ0v) is 11.6. The lowest BCUT2D eigenvalue weighted by molar-refractivity contribution is 0.0457. The van der Waals surface area contributed by atoms with Gasteiger partial charge in [-0.1, -0.05) is 13.8 Å². The molecular weight excluding hydrogens is 230 g/mol. The van der Waals surface area contributed by atoms with Crippen LogP contribution >= 0.6 is 0 Å². The molecule has 102 valence electrons. The van der Waals surface area contributed by atoms with Gasteiger partial charge in [0.1, 0.15) is 11.5 Å². The lowest BCUT2D eigenvalue weighted by Gasteiger charge is -2.26. The highest BCUT2D eigenvalue weighted by molar-refractivity contribution is 5.59. The number of hydrogen-bond donors (Lipinski definition) is 2. The lowest BCUT2D eigenvalue weighted by Crippen LogP contribution is -2.35. The summed E-state index contributed by atoms with van der Waals surface area (Å²) in [5, 5.41) is 13.5. The van der Waals surface area contributed by atoms with Gasteiger partial charge in [0, 0.05) is 12.6 Å². The molecule has 4 heteroatoms. The molecule has 4 nitrogen and oxygen atoms in total. The minimum absolute atomic E-state index is 0.503. The van der Waals surface area contributed by atoms with Crippen molar-refractivity contribution in [2.45, 2.75) is 32.3 Å². The quantitative estimate of drug-likeness (QED) is 0.784. The molecule has 0 aliphatic heterocycles. The number of aliphatic hydroxyl groups is 1. The maximum atomic E-state index is 10.2. The van der Waals surface area contributed by atoms with Gasteiger partial charge in [0.05, 0.1) is 25.5 Å². The summed E-state index contributed by atoms with van der Waals surface area (Å²) in [5.74, 6) is 1.46. The minimum Gasteiger partial charge on any atom is -0.497 e. The normalized spacial score (nSPS) is 11.2. The van der Waals surface area contributed by atoms with E-state index in [0.717, 1.165) is 24.3 Å². The minimum atomic E-state index is -0.676. The Kier molecular flexibility index (Phi) is 5.28. The van der Waals surface area contributed by atoms with E-state index < -0.39 is 5.60 Å².